The Morgan fingerprint density at radius 3 is 2.50 bits per heavy atom. The Morgan fingerprint density at radius 1 is 1.07 bits per heavy atom. The summed E-state index contributed by atoms with van der Waals surface area (Å²) in [5, 5.41) is 0. The van der Waals surface area contributed by atoms with Gasteiger partial charge in [-0.2, -0.15) is 4.57 Å². The highest BCUT2D eigenvalue weighted by molar-refractivity contribution is 5.96. The molecule has 0 saturated heterocycles. The van der Waals surface area contributed by atoms with E-state index in [4.69, 9.17) is 4.74 Å². The van der Waals surface area contributed by atoms with Crippen molar-refractivity contribution in [3.63, 3.8) is 0 Å². The van der Waals surface area contributed by atoms with Crippen LogP contribution in [0.4, 0.5) is 0 Å². The van der Waals surface area contributed by atoms with Crippen LogP contribution in [0.2, 0.25) is 0 Å². The van der Waals surface area contributed by atoms with Gasteiger partial charge in [-0.1, -0.05) is 0 Å². The molecule has 144 valence electrons. The molecule has 0 saturated carbocycles. The number of benzene rings is 1. The van der Waals surface area contributed by atoms with Gasteiger partial charge in [-0.3, -0.25) is 4.79 Å². The van der Waals surface area contributed by atoms with E-state index in [0.29, 0.717) is 6.54 Å². The number of aryl methyl sites for hydroxylation is 3. The van der Waals surface area contributed by atoms with Gasteiger partial charge in [-0.25, -0.2) is 0 Å². The second kappa shape index (κ2) is 7.63. The summed E-state index contributed by atoms with van der Waals surface area (Å²) in [5.74, 6) is 0.972. The number of rotatable bonds is 5. The van der Waals surface area contributed by atoms with Crippen molar-refractivity contribution in [1.82, 2.24) is 4.57 Å². The summed E-state index contributed by atoms with van der Waals surface area (Å²) in [6, 6.07) is 12.1. The molecule has 1 aromatic carbocycles. The van der Waals surface area contributed by atoms with Crippen LogP contribution in [-0.4, -0.2) is 17.5 Å². The molecular formula is C24H27N2O2+. The first-order valence-electron chi connectivity index (χ1n) is 9.94. The normalized spacial score (nSPS) is 13.2. The molecule has 0 N–H and O–H groups in total. The van der Waals surface area contributed by atoms with Crippen molar-refractivity contribution in [2.24, 2.45) is 0 Å². The monoisotopic (exact) mass is 375 g/mol. The summed E-state index contributed by atoms with van der Waals surface area (Å²) in [6.45, 7) is 4.43. The van der Waals surface area contributed by atoms with Crippen LogP contribution in [0, 0.1) is 13.8 Å². The van der Waals surface area contributed by atoms with Crippen molar-refractivity contribution in [3.8, 4) is 11.4 Å². The first-order valence-corrected chi connectivity index (χ1v) is 9.94. The molecule has 0 amide bonds. The average molecular weight is 375 g/mol. The van der Waals surface area contributed by atoms with Crippen LogP contribution in [0.25, 0.3) is 5.69 Å². The summed E-state index contributed by atoms with van der Waals surface area (Å²) < 4.78 is 9.41. The molecule has 1 aliphatic carbocycles. The number of carbonyl (C=O) groups is 1. The molecule has 0 bridgehead atoms. The number of fused-ring (bicyclic) bond motifs is 1. The van der Waals surface area contributed by atoms with E-state index in [9.17, 15) is 4.79 Å². The number of Topliss-reactive ketones (excluding diaryl/α,β-unsaturated/α-hetero) is 1. The number of hydrogen-bond donors (Lipinski definition) is 0. The van der Waals surface area contributed by atoms with Crippen LogP contribution in [0.3, 0.4) is 0 Å². The van der Waals surface area contributed by atoms with E-state index in [2.05, 4.69) is 16.8 Å². The third kappa shape index (κ3) is 3.47. The Labute approximate surface area is 166 Å². The van der Waals surface area contributed by atoms with Crippen molar-refractivity contribution >= 4 is 5.78 Å². The lowest BCUT2D eigenvalue weighted by Gasteiger charge is -2.13. The third-order valence-corrected chi connectivity index (χ3v) is 5.73. The smallest absolute Gasteiger partial charge is 0.229 e. The van der Waals surface area contributed by atoms with Crippen LogP contribution < -0.4 is 9.30 Å². The summed E-state index contributed by atoms with van der Waals surface area (Å²) in [7, 11) is 1.66. The number of aromatic nitrogens is 2. The molecule has 1 aliphatic rings. The van der Waals surface area contributed by atoms with Crippen LogP contribution in [0.15, 0.2) is 48.8 Å². The number of nitrogens with zero attached hydrogens (tertiary/aromatic N) is 2. The van der Waals surface area contributed by atoms with E-state index in [0.717, 1.165) is 41.2 Å². The minimum absolute atomic E-state index is 0.147. The molecular weight excluding hydrogens is 348 g/mol. The average Bonchev–Trinajstić information content (AvgIpc) is 3.02. The number of pyridine rings is 1. The zero-order valence-corrected chi connectivity index (χ0v) is 16.9. The summed E-state index contributed by atoms with van der Waals surface area (Å²) >= 11 is 0. The molecule has 0 radical (unpaired) electrons. The van der Waals surface area contributed by atoms with E-state index in [1.165, 1.54) is 24.0 Å². The summed E-state index contributed by atoms with van der Waals surface area (Å²) in [4.78, 5) is 13.0. The predicted molar refractivity (Wildman–Crippen MR) is 109 cm³/mol. The van der Waals surface area contributed by atoms with Crippen molar-refractivity contribution in [2.75, 3.05) is 7.11 Å². The molecule has 2 aromatic heterocycles. The zero-order chi connectivity index (χ0) is 19.7. The second-order valence-electron chi connectivity index (χ2n) is 7.62. The molecule has 2 heterocycles. The lowest BCUT2D eigenvalue weighted by atomic mass is 9.93. The lowest BCUT2D eigenvalue weighted by Crippen LogP contribution is -2.38. The first-order chi connectivity index (χ1) is 13.6. The summed E-state index contributed by atoms with van der Waals surface area (Å²) in [5.41, 5.74) is 6.69. The van der Waals surface area contributed by atoms with Gasteiger partial charge in [0.2, 0.25) is 12.3 Å². The zero-order valence-electron chi connectivity index (χ0n) is 16.9. The fourth-order valence-electron chi connectivity index (χ4n) is 4.24. The van der Waals surface area contributed by atoms with Gasteiger partial charge in [0.05, 0.1) is 7.11 Å². The Bertz CT molecular complexity index is 1020. The maximum absolute atomic E-state index is 13.0. The van der Waals surface area contributed by atoms with Gasteiger partial charge >= 0.3 is 0 Å². The molecule has 4 heteroatoms. The van der Waals surface area contributed by atoms with Crippen LogP contribution in [0.5, 0.6) is 5.75 Å². The second-order valence-corrected chi connectivity index (χ2v) is 7.62. The molecule has 0 unspecified atom stereocenters. The van der Waals surface area contributed by atoms with Gasteiger partial charge in [0.25, 0.3) is 0 Å². The Balaban J connectivity index is 1.60. The lowest BCUT2D eigenvalue weighted by molar-refractivity contribution is -0.683. The predicted octanol–water partition coefficient (Wildman–Crippen LogP) is 4.15. The molecule has 3 aromatic rings. The molecule has 28 heavy (non-hydrogen) atoms. The highest BCUT2D eigenvalue weighted by Crippen LogP contribution is 2.23. The number of ether oxygens (including phenoxy) is 1. The first kappa shape index (κ1) is 18.5. The molecule has 4 rings (SSSR count). The van der Waals surface area contributed by atoms with Gasteiger partial charge in [0, 0.05) is 34.3 Å². The minimum atomic E-state index is 0.147. The molecule has 0 fully saturated rings. The van der Waals surface area contributed by atoms with Crippen molar-refractivity contribution < 1.29 is 14.1 Å². The van der Waals surface area contributed by atoms with E-state index in [-0.39, 0.29) is 5.78 Å². The number of hydrogen-bond acceptors (Lipinski definition) is 2. The van der Waals surface area contributed by atoms with E-state index < -0.39 is 0 Å². The van der Waals surface area contributed by atoms with E-state index in [1.807, 2.05) is 54.9 Å². The Kier molecular flexibility index (Phi) is 5.03. The molecule has 0 spiro atoms. The highest BCUT2D eigenvalue weighted by Gasteiger charge is 2.21. The number of methoxy groups -OCH3 is 1. The summed E-state index contributed by atoms with van der Waals surface area (Å²) in [6.07, 6.45) is 9.00. The third-order valence-electron chi connectivity index (χ3n) is 5.73. The van der Waals surface area contributed by atoms with Gasteiger partial charge in [0.15, 0.2) is 12.4 Å². The minimum Gasteiger partial charge on any atom is -0.497 e. The van der Waals surface area contributed by atoms with Crippen molar-refractivity contribution in [1.29, 1.82) is 0 Å². The number of ketones is 1. The largest absolute Gasteiger partial charge is 0.497 e. The van der Waals surface area contributed by atoms with Gasteiger partial charge < -0.3 is 9.30 Å². The van der Waals surface area contributed by atoms with Gasteiger partial charge in [-0.05, 0) is 75.4 Å². The van der Waals surface area contributed by atoms with Crippen LogP contribution in [0.1, 0.15) is 45.7 Å². The maximum atomic E-state index is 13.0. The van der Waals surface area contributed by atoms with E-state index >= 15 is 0 Å². The Morgan fingerprint density at radius 2 is 1.79 bits per heavy atom. The fourth-order valence-corrected chi connectivity index (χ4v) is 4.24. The molecule has 0 atom stereocenters. The highest BCUT2D eigenvalue weighted by atomic mass is 16.5. The standard InChI is InChI=1S/C24H27N2O2/c1-17-14-23(18(2)26(17)21-8-10-22(28-3)11-9-21)24(27)16-25-13-12-19-6-4-5-7-20(19)15-25/h8-15H,4-7,16H2,1-3H3/q+1. The maximum Gasteiger partial charge on any atom is 0.229 e. The SMILES string of the molecule is COc1ccc(-n2c(C)cc(C(=O)C[n+]3ccc4c(c3)CCCC4)c2C)cc1. The van der Waals surface area contributed by atoms with E-state index in [1.54, 1.807) is 7.11 Å². The van der Waals surface area contributed by atoms with Crippen LogP contribution in [-0.2, 0) is 19.4 Å². The van der Waals surface area contributed by atoms with Crippen molar-refractivity contribution in [2.45, 2.75) is 46.1 Å². The molecule has 0 aliphatic heterocycles. The molecule has 4 nitrogen and oxygen atoms in total. The van der Waals surface area contributed by atoms with Crippen LogP contribution >= 0.6 is 0 Å². The van der Waals surface area contributed by atoms with Gasteiger partial charge in [0.1, 0.15) is 5.75 Å². The quantitative estimate of drug-likeness (QED) is 0.496. The fraction of sp³-hybridized carbons (Fsp3) is 0.333. The number of carbonyl (C=O) groups excluding carboxylic acids is 1. The topological polar surface area (TPSA) is 35.1 Å². The van der Waals surface area contributed by atoms with Gasteiger partial charge in [-0.15, -0.1) is 0 Å². The van der Waals surface area contributed by atoms with Crippen molar-refractivity contribution in [3.05, 3.63) is 76.9 Å². The Hall–Kier alpha value is -2.88.